The molecule has 0 amide bonds. The van der Waals surface area contributed by atoms with Gasteiger partial charge in [-0.25, -0.2) is 4.79 Å². The zero-order valence-corrected chi connectivity index (χ0v) is 23.2. The van der Waals surface area contributed by atoms with Crippen molar-refractivity contribution in [2.45, 2.75) is 78.9 Å². The van der Waals surface area contributed by atoms with E-state index < -0.39 is 0 Å². The van der Waals surface area contributed by atoms with Crippen LogP contribution >= 0.6 is 11.8 Å². The second-order valence-electron chi connectivity index (χ2n) is 9.34. The van der Waals surface area contributed by atoms with Gasteiger partial charge in [0, 0.05) is 10.6 Å². The lowest BCUT2D eigenvalue weighted by molar-refractivity contribution is 0.0730. The predicted molar refractivity (Wildman–Crippen MR) is 147 cm³/mol. The summed E-state index contributed by atoms with van der Waals surface area (Å²) in [4.78, 5) is 14.7. The maximum atomic E-state index is 13.4. The molecule has 0 aliphatic rings. The number of carbonyl (C=O) groups is 1. The number of unbranched alkanes of at least 4 members (excludes halogenated alkanes) is 1. The topological polar surface area (TPSA) is 35.5 Å². The van der Waals surface area contributed by atoms with Gasteiger partial charge in [-0.2, -0.15) is 0 Å². The van der Waals surface area contributed by atoms with Crippen molar-refractivity contribution in [2.24, 2.45) is 0 Å². The molecule has 0 radical (unpaired) electrons. The molecule has 0 spiro atoms. The maximum Gasteiger partial charge on any atom is 0.344 e. The first-order valence-corrected chi connectivity index (χ1v) is 13.4. The summed E-state index contributed by atoms with van der Waals surface area (Å²) in [6, 6.07) is 12.5. The number of carbonyl (C=O) groups excluding carboxylic acids is 1. The Morgan fingerprint density at radius 1 is 0.829 bits per heavy atom. The number of aryl methyl sites for hydroxylation is 1. The third-order valence-corrected chi connectivity index (χ3v) is 8.30. The van der Waals surface area contributed by atoms with Crippen molar-refractivity contribution in [1.29, 1.82) is 0 Å². The van der Waals surface area contributed by atoms with Crippen molar-refractivity contribution in [3.63, 3.8) is 0 Å². The number of hydrogen-bond donors (Lipinski definition) is 0. The molecule has 4 heteroatoms. The minimum absolute atomic E-state index is 0.308. The van der Waals surface area contributed by atoms with Crippen LogP contribution in [-0.4, -0.2) is 12.6 Å². The van der Waals surface area contributed by atoms with Crippen LogP contribution in [0.4, 0.5) is 0 Å². The lowest BCUT2D eigenvalue weighted by atomic mass is 9.97. The summed E-state index contributed by atoms with van der Waals surface area (Å²) in [5.74, 6) is 2.13. The zero-order valence-electron chi connectivity index (χ0n) is 22.4. The van der Waals surface area contributed by atoms with Crippen LogP contribution in [0, 0.1) is 48.5 Å². The highest BCUT2D eigenvalue weighted by Gasteiger charge is 2.23. The van der Waals surface area contributed by atoms with Gasteiger partial charge in [-0.05, 0) is 105 Å². The normalized spacial score (nSPS) is 11.0. The Kier molecular flexibility index (Phi) is 9.07. The first kappa shape index (κ1) is 26.9. The van der Waals surface area contributed by atoms with E-state index in [2.05, 4.69) is 45.0 Å². The SMILES string of the molecule is CCCCOc1cc(C)c(C(=O)Oc2c(C)c(C)c(SCc3ccccc3)c(C)c2C)c(C)c1C. The maximum absolute atomic E-state index is 13.4. The Balaban J connectivity index is 1.89. The van der Waals surface area contributed by atoms with E-state index >= 15 is 0 Å². The Hall–Kier alpha value is -2.72. The van der Waals surface area contributed by atoms with E-state index in [-0.39, 0.29) is 5.97 Å². The number of rotatable bonds is 9. The number of esters is 1. The van der Waals surface area contributed by atoms with Crippen LogP contribution in [-0.2, 0) is 5.75 Å². The van der Waals surface area contributed by atoms with Gasteiger partial charge in [0.2, 0.25) is 0 Å². The molecule has 3 aromatic rings. The van der Waals surface area contributed by atoms with Gasteiger partial charge in [0.25, 0.3) is 0 Å². The van der Waals surface area contributed by atoms with Crippen molar-refractivity contribution in [3.05, 3.63) is 86.5 Å². The van der Waals surface area contributed by atoms with Crippen LogP contribution in [0.15, 0.2) is 41.3 Å². The second kappa shape index (κ2) is 11.8. The molecule has 0 unspecified atom stereocenters. The number of thioether (sulfide) groups is 1. The Morgan fingerprint density at radius 2 is 1.46 bits per heavy atom. The van der Waals surface area contributed by atoms with Crippen molar-refractivity contribution in [3.8, 4) is 11.5 Å². The molecule has 3 rings (SSSR count). The van der Waals surface area contributed by atoms with E-state index in [0.717, 1.165) is 52.2 Å². The Bertz CT molecular complexity index is 1180. The highest BCUT2D eigenvalue weighted by atomic mass is 32.2. The second-order valence-corrected chi connectivity index (χ2v) is 10.3. The van der Waals surface area contributed by atoms with E-state index in [1.807, 2.05) is 58.5 Å². The molecule has 186 valence electrons. The summed E-state index contributed by atoms with van der Waals surface area (Å²) < 4.78 is 12.1. The number of ether oxygens (including phenoxy) is 2. The predicted octanol–water partition coefficient (Wildman–Crippen LogP) is 8.54. The van der Waals surface area contributed by atoms with Crippen LogP contribution in [0.3, 0.4) is 0 Å². The fourth-order valence-corrected chi connectivity index (χ4v) is 5.56. The van der Waals surface area contributed by atoms with Crippen LogP contribution in [0.1, 0.15) is 74.6 Å². The molecular weight excluding hydrogens is 452 g/mol. The summed E-state index contributed by atoms with van der Waals surface area (Å²) in [5.41, 5.74) is 9.08. The average Bonchev–Trinajstić information content (AvgIpc) is 2.84. The molecule has 0 heterocycles. The van der Waals surface area contributed by atoms with Gasteiger partial charge in [-0.3, -0.25) is 0 Å². The van der Waals surface area contributed by atoms with Crippen LogP contribution in [0.25, 0.3) is 0 Å². The molecule has 0 bridgehead atoms. The molecule has 3 aromatic carbocycles. The molecule has 0 atom stereocenters. The van der Waals surface area contributed by atoms with Gasteiger partial charge < -0.3 is 9.47 Å². The van der Waals surface area contributed by atoms with Gasteiger partial charge in [0.05, 0.1) is 12.2 Å². The van der Waals surface area contributed by atoms with E-state index in [0.29, 0.717) is 17.9 Å². The van der Waals surface area contributed by atoms with Crippen molar-refractivity contribution in [2.75, 3.05) is 6.61 Å². The quantitative estimate of drug-likeness (QED) is 0.130. The van der Waals surface area contributed by atoms with Crippen LogP contribution in [0.5, 0.6) is 11.5 Å². The van der Waals surface area contributed by atoms with E-state index in [1.165, 1.54) is 21.6 Å². The molecule has 3 nitrogen and oxygen atoms in total. The molecule has 35 heavy (non-hydrogen) atoms. The van der Waals surface area contributed by atoms with Crippen LogP contribution in [0.2, 0.25) is 0 Å². The van der Waals surface area contributed by atoms with Gasteiger partial charge in [0.15, 0.2) is 0 Å². The first-order valence-electron chi connectivity index (χ1n) is 12.4. The summed E-state index contributed by atoms with van der Waals surface area (Å²) >= 11 is 1.84. The third-order valence-electron chi connectivity index (χ3n) is 6.92. The summed E-state index contributed by atoms with van der Waals surface area (Å²) in [5, 5.41) is 0. The van der Waals surface area contributed by atoms with Crippen molar-refractivity contribution >= 4 is 17.7 Å². The fourth-order valence-electron chi connectivity index (χ4n) is 4.32. The molecule has 0 aromatic heterocycles. The molecule has 0 saturated heterocycles. The Morgan fingerprint density at radius 3 is 2.06 bits per heavy atom. The van der Waals surface area contributed by atoms with Gasteiger partial charge in [0.1, 0.15) is 11.5 Å². The lowest BCUT2D eigenvalue weighted by Crippen LogP contribution is -2.16. The third kappa shape index (κ3) is 5.92. The minimum atomic E-state index is -0.308. The Labute approximate surface area is 215 Å². The average molecular weight is 491 g/mol. The standard InChI is InChI=1S/C31H38O3S/c1-9-10-16-33-27-17-19(2)28(21(4)20(27)3)31(32)34-29-22(5)24(7)30(25(8)23(29)6)35-18-26-14-12-11-13-15-26/h11-15,17H,9-10,16,18H2,1-8H3. The van der Waals surface area contributed by atoms with Gasteiger partial charge >= 0.3 is 5.97 Å². The molecule has 0 N–H and O–H groups in total. The van der Waals surface area contributed by atoms with Crippen molar-refractivity contribution < 1.29 is 14.3 Å². The van der Waals surface area contributed by atoms with E-state index in [9.17, 15) is 4.79 Å². The highest BCUT2D eigenvalue weighted by molar-refractivity contribution is 7.98. The summed E-state index contributed by atoms with van der Waals surface area (Å²) in [6.45, 7) is 17.1. The monoisotopic (exact) mass is 490 g/mol. The van der Waals surface area contributed by atoms with Gasteiger partial charge in [-0.1, -0.05) is 43.7 Å². The van der Waals surface area contributed by atoms with Crippen LogP contribution < -0.4 is 9.47 Å². The molecule has 0 fully saturated rings. The fraction of sp³-hybridized carbons (Fsp3) is 0.387. The smallest absolute Gasteiger partial charge is 0.344 e. The minimum Gasteiger partial charge on any atom is -0.493 e. The molecule has 0 aliphatic carbocycles. The number of hydrogen-bond acceptors (Lipinski definition) is 4. The van der Waals surface area contributed by atoms with E-state index in [1.54, 1.807) is 0 Å². The molecule has 0 saturated carbocycles. The number of benzene rings is 3. The largest absolute Gasteiger partial charge is 0.493 e. The van der Waals surface area contributed by atoms with Gasteiger partial charge in [-0.15, -0.1) is 11.8 Å². The molecule has 0 aliphatic heterocycles. The zero-order chi connectivity index (χ0) is 25.7. The van der Waals surface area contributed by atoms with E-state index in [4.69, 9.17) is 9.47 Å². The summed E-state index contributed by atoms with van der Waals surface area (Å²) in [7, 11) is 0. The van der Waals surface area contributed by atoms with Crippen molar-refractivity contribution in [1.82, 2.24) is 0 Å². The summed E-state index contributed by atoms with van der Waals surface area (Å²) in [6.07, 6.45) is 2.10. The first-order chi connectivity index (χ1) is 16.7. The lowest BCUT2D eigenvalue weighted by Gasteiger charge is -2.21. The highest BCUT2D eigenvalue weighted by Crippen LogP contribution is 2.39. The molecular formula is C31H38O3S.